The van der Waals surface area contributed by atoms with E-state index in [2.05, 4.69) is 24.4 Å². The van der Waals surface area contributed by atoms with Gasteiger partial charge in [0.2, 0.25) is 12.4 Å². The van der Waals surface area contributed by atoms with E-state index < -0.39 is 0 Å². The highest BCUT2D eigenvalue weighted by Gasteiger charge is 2.18. The Balaban J connectivity index is 1.74. The van der Waals surface area contributed by atoms with Crippen molar-refractivity contribution < 1.29 is 18.4 Å². The summed E-state index contributed by atoms with van der Waals surface area (Å²) in [5, 5.41) is 23.6. The van der Waals surface area contributed by atoms with E-state index in [1.165, 1.54) is 77.0 Å². The fourth-order valence-electron chi connectivity index (χ4n) is 4.94. The third-order valence-corrected chi connectivity index (χ3v) is 7.07. The molecule has 2 rings (SSSR count). The minimum atomic E-state index is 0.133. The lowest BCUT2D eigenvalue weighted by molar-refractivity contribution is -0.791. The van der Waals surface area contributed by atoms with Crippen molar-refractivity contribution in [2.75, 3.05) is 0 Å². The molecule has 2 unspecified atom stereocenters. The maximum Gasteiger partial charge on any atom is 0.264 e. The first-order chi connectivity index (χ1) is 17.1. The molecule has 0 aliphatic rings. The van der Waals surface area contributed by atoms with Crippen LogP contribution in [0.25, 0.3) is 0 Å². The lowest BCUT2D eigenvalue weighted by atomic mass is 9.98. The Morgan fingerprint density at radius 3 is 1.20 bits per heavy atom. The van der Waals surface area contributed by atoms with Crippen LogP contribution >= 0.6 is 0 Å². The highest BCUT2D eigenvalue weighted by atomic mass is 16.5. The highest BCUT2D eigenvalue weighted by molar-refractivity contribution is 4.59. The van der Waals surface area contributed by atoms with Crippen molar-refractivity contribution in [3.05, 3.63) is 23.5 Å². The molecule has 2 aromatic rings. The Bertz CT molecular complexity index is 797. The monoisotopic (exact) mass is 490 g/mol. The number of unbranched alkanes of at least 4 members (excludes halogenated alkanes) is 12. The summed E-state index contributed by atoms with van der Waals surface area (Å²) < 4.78 is 13.8. The molecule has 0 aliphatic heterocycles. The molecular weight excluding hydrogens is 440 g/mol. The van der Waals surface area contributed by atoms with E-state index in [1.807, 2.05) is 9.36 Å². The predicted molar refractivity (Wildman–Crippen MR) is 133 cm³/mol. The van der Waals surface area contributed by atoms with Crippen molar-refractivity contribution in [2.24, 2.45) is 0 Å². The summed E-state index contributed by atoms with van der Waals surface area (Å²) in [5.41, 5.74) is 0.266. The van der Waals surface area contributed by atoms with Crippen LogP contribution in [-0.2, 0) is 0 Å². The van der Waals surface area contributed by atoms with Gasteiger partial charge in [0.25, 0.3) is 11.1 Å². The van der Waals surface area contributed by atoms with E-state index in [0.717, 1.165) is 44.9 Å². The molecule has 0 saturated carbocycles. The van der Waals surface area contributed by atoms with Crippen LogP contribution in [0.2, 0.25) is 0 Å². The second-order valence-electron chi connectivity index (χ2n) is 10.2. The van der Waals surface area contributed by atoms with Crippen molar-refractivity contribution in [3.63, 3.8) is 0 Å². The molecule has 200 valence electrons. The molecule has 8 heteroatoms. The minimum absolute atomic E-state index is 0.133. The molecule has 0 fully saturated rings. The molecule has 0 radical (unpaired) electrons. The molecule has 2 atom stereocenters. The van der Waals surface area contributed by atoms with Crippen LogP contribution < -0.4 is 31.0 Å². The van der Waals surface area contributed by atoms with Gasteiger partial charge in [-0.2, -0.15) is 0 Å². The summed E-state index contributed by atoms with van der Waals surface area (Å²) in [6, 6.07) is 0.637. The second kappa shape index (κ2) is 18.2. The predicted octanol–water partition coefficient (Wildman–Crippen LogP) is 5.56. The molecular formula is C27H50N6O2. The van der Waals surface area contributed by atoms with Gasteiger partial charge < -0.3 is 9.05 Å². The van der Waals surface area contributed by atoms with Gasteiger partial charge in [-0.3, -0.25) is 21.4 Å². The number of hydrogen-bond acceptors (Lipinski definition) is 4. The Kier molecular flexibility index (Phi) is 15.1. The topological polar surface area (TPSA) is 110 Å². The Hall–Kier alpha value is -2.12. The zero-order valence-corrected chi connectivity index (χ0v) is 22.3. The zero-order valence-electron chi connectivity index (χ0n) is 22.3. The van der Waals surface area contributed by atoms with Gasteiger partial charge in [0.05, 0.1) is 0 Å². The smallest absolute Gasteiger partial charge is 0.264 e. The quantitative estimate of drug-likeness (QED) is 0.166. The summed E-state index contributed by atoms with van der Waals surface area (Å²) in [6.07, 6.45) is 26.7. The van der Waals surface area contributed by atoms with Crippen molar-refractivity contribution >= 4 is 0 Å². The first kappa shape index (κ1) is 29.1. The Labute approximate surface area is 211 Å². The van der Waals surface area contributed by atoms with Crippen LogP contribution in [-0.4, -0.2) is 0 Å². The standard InChI is InChI=1S/C27H50N6O2/c1-3-5-7-9-11-14-18-24(32-22-26(28)34-30-32)20-16-13-17-21-25(33-23-27(29)35-31-33)19-15-12-10-8-6-4-2/h22-25,28-29H,3-21H2,1-2H3. The van der Waals surface area contributed by atoms with Crippen molar-refractivity contribution in [2.45, 2.75) is 148 Å². The molecule has 0 amide bonds. The second-order valence-corrected chi connectivity index (χ2v) is 10.2. The van der Waals surface area contributed by atoms with Crippen LogP contribution in [0.1, 0.15) is 148 Å². The van der Waals surface area contributed by atoms with Gasteiger partial charge in [-0.25, -0.2) is 9.36 Å². The zero-order chi connectivity index (χ0) is 25.1. The molecule has 2 heterocycles. The molecule has 0 spiro atoms. The van der Waals surface area contributed by atoms with E-state index in [9.17, 15) is 0 Å². The van der Waals surface area contributed by atoms with Crippen LogP contribution in [0.5, 0.6) is 0 Å². The van der Waals surface area contributed by atoms with Gasteiger partial charge in [0, 0.05) is 25.7 Å². The number of rotatable bonds is 22. The molecule has 0 saturated heterocycles. The average molecular weight is 491 g/mol. The average Bonchev–Trinajstić information content (AvgIpc) is 3.48. The van der Waals surface area contributed by atoms with Crippen LogP contribution in [0.4, 0.5) is 0 Å². The minimum Gasteiger partial charge on any atom is -0.487 e. The number of aromatic nitrogens is 4. The van der Waals surface area contributed by atoms with Crippen LogP contribution in [0.15, 0.2) is 21.4 Å². The van der Waals surface area contributed by atoms with Crippen LogP contribution in [0, 0.1) is 10.8 Å². The third-order valence-electron chi connectivity index (χ3n) is 7.07. The first-order valence-corrected chi connectivity index (χ1v) is 14.3. The van der Waals surface area contributed by atoms with E-state index in [4.69, 9.17) is 19.9 Å². The fourth-order valence-corrected chi connectivity index (χ4v) is 4.94. The lowest BCUT2D eigenvalue weighted by Gasteiger charge is -2.15. The van der Waals surface area contributed by atoms with E-state index in [-0.39, 0.29) is 11.1 Å². The summed E-state index contributed by atoms with van der Waals surface area (Å²) in [5.74, 6) is 0. The maximum atomic E-state index is 7.70. The molecule has 2 aromatic heterocycles. The molecule has 0 aliphatic carbocycles. The van der Waals surface area contributed by atoms with E-state index in [1.54, 1.807) is 12.4 Å². The summed E-state index contributed by atoms with van der Waals surface area (Å²) in [6.45, 7) is 4.51. The van der Waals surface area contributed by atoms with Gasteiger partial charge in [-0.05, 0) is 25.7 Å². The highest BCUT2D eigenvalue weighted by Crippen LogP contribution is 2.21. The number of hydrogen-bond donors (Lipinski definition) is 2. The molecule has 0 bridgehead atoms. The molecule has 0 aromatic carbocycles. The van der Waals surface area contributed by atoms with Crippen molar-refractivity contribution in [3.8, 4) is 0 Å². The lowest BCUT2D eigenvalue weighted by Crippen LogP contribution is -2.43. The largest absolute Gasteiger partial charge is 0.487 e. The van der Waals surface area contributed by atoms with Crippen LogP contribution in [0.3, 0.4) is 0 Å². The summed E-state index contributed by atoms with van der Waals surface area (Å²) >= 11 is 0. The normalized spacial score (nSPS) is 13.3. The maximum absolute atomic E-state index is 7.70. The van der Waals surface area contributed by atoms with Gasteiger partial charge in [0.1, 0.15) is 12.1 Å². The summed E-state index contributed by atoms with van der Waals surface area (Å²) in [7, 11) is 0. The van der Waals surface area contributed by atoms with Gasteiger partial charge in [-0.15, -0.1) is 0 Å². The Morgan fingerprint density at radius 1 is 0.571 bits per heavy atom. The van der Waals surface area contributed by atoms with E-state index >= 15 is 0 Å². The summed E-state index contributed by atoms with van der Waals surface area (Å²) in [4.78, 5) is 0. The fraction of sp³-hybridized carbons (Fsp3) is 0.852. The number of nitrogens with one attached hydrogen (secondary N) is 2. The first-order valence-electron chi connectivity index (χ1n) is 14.3. The van der Waals surface area contributed by atoms with Crippen molar-refractivity contribution in [1.82, 2.24) is 10.5 Å². The van der Waals surface area contributed by atoms with Gasteiger partial charge in [0.15, 0.2) is 0 Å². The Morgan fingerprint density at radius 2 is 0.886 bits per heavy atom. The molecule has 35 heavy (non-hydrogen) atoms. The van der Waals surface area contributed by atoms with E-state index in [0.29, 0.717) is 12.1 Å². The molecule has 8 nitrogen and oxygen atoms in total. The SMILES string of the molecule is CCCCCCCCC(CCCCCC(CCCCCCCC)[n+]1cc(=N)o[n-]1)[n+]1cc(=N)o[n-]1. The molecule has 2 N–H and O–H groups in total. The number of nitrogens with zero attached hydrogens (tertiary/aromatic N) is 4. The third kappa shape index (κ3) is 12.4. The van der Waals surface area contributed by atoms with Gasteiger partial charge >= 0.3 is 0 Å². The van der Waals surface area contributed by atoms with Crippen molar-refractivity contribution in [1.29, 1.82) is 10.8 Å². The van der Waals surface area contributed by atoms with Gasteiger partial charge in [-0.1, -0.05) is 84.5 Å².